The molecule has 0 aliphatic heterocycles. The zero-order chi connectivity index (χ0) is 23.8. The second-order valence-electron chi connectivity index (χ2n) is 7.91. The van der Waals surface area contributed by atoms with Crippen molar-refractivity contribution in [2.24, 2.45) is 0 Å². The molecule has 0 radical (unpaired) electrons. The van der Waals surface area contributed by atoms with E-state index in [0.717, 1.165) is 22.0 Å². The monoisotopic (exact) mass is 448 g/mol. The number of methoxy groups -OCH3 is 1. The number of carbonyl (C=O) groups excluding carboxylic acids is 3. The van der Waals surface area contributed by atoms with Gasteiger partial charge in [-0.2, -0.15) is 0 Å². The third-order valence-electron chi connectivity index (χ3n) is 5.33. The first-order valence-electron chi connectivity index (χ1n) is 10.7. The second-order valence-corrected chi connectivity index (χ2v) is 7.91. The molecule has 3 aromatic rings. The highest BCUT2D eigenvalue weighted by Crippen LogP contribution is 2.20. The van der Waals surface area contributed by atoms with Crippen molar-refractivity contribution in [2.45, 2.75) is 39.3 Å². The number of rotatable bonds is 9. The standard InChI is InChI=1S/C26H28N2O5/c1-17(2)21(14-24(29)33-16-18-9-5-4-6-10-18)25(30)28-23(26(31)32-3)13-19-15-27-22-12-8-7-11-20(19)22/h4-12,15,23,27H,13-14,16H2,1-3H3,(H,28,30)/t23-/m0/s1. The fraction of sp³-hybridized carbons (Fsp3) is 0.269. The maximum atomic E-state index is 13.0. The molecule has 3 rings (SSSR count). The van der Waals surface area contributed by atoms with Crippen molar-refractivity contribution in [2.75, 3.05) is 7.11 Å². The molecule has 172 valence electrons. The number of benzene rings is 2. The highest BCUT2D eigenvalue weighted by atomic mass is 16.5. The van der Waals surface area contributed by atoms with Crippen LogP contribution in [-0.4, -0.2) is 36.0 Å². The first kappa shape index (κ1) is 23.8. The molecule has 1 heterocycles. The third-order valence-corrected chi connectivity index (χ3v) is 5.33. The van der Waals surface area contributed by atoms with E-state index in [4.69, 9.17) is 9.47 Å². The van der Waals surface area contributed by atoms with Gasteiger partial charge in [0.15, 0.2) is 0 Å². The fourth-order valence-electron chi connectivity index (χ4n) is 3.52. The van der Waals surface area contributed by atoms with Gasteiger partial charge in [0.25, 0.3) is 0 Å². The minimum Gasteiger partial charge on any atom is -0.467 e. The van der Waals surface area contributed by atoms with E-state index in [-0.39, 0.29) is 25.0 Å². The van der Waals surface area contributed by atoms with E-state index in [2.05, 4.69) is 10.3 Å². The van der Waals surface area contributed by atoms with Gasteiger partial charge in [-0.3, -0.25) is 9.59 Å². The molecule has 0 fully saturated rings. The molecule has 0 spiro atoms. The summed E-state index contributed by atoms with van der Waals surface area (Å²) in [5.41, 5.74) is 3.61. The Balaban J connectivity index is 1.68. The lowest BCUT2D eigenvalue weighted by molar-refractivity contribution is -0.145. The Morgan fingerprint density at radius 3 is 2.39 bits per heavy atom. The predicted octanol–water partition coefficient (Wildman–Crippen LogP) is 3.84. The molecule has 0 saturated heterocycles. The fourth-order valence-corrected chi connectivity index (χ4v) is 3.52. The Hall–Kier alpha value is -3.87. The number of fused-ring (bicyclic) bond motifs is 1. The lowest BCUT2D eigenvalue weighted by atomic mass is 10.0. The first-order valence-corrected chi connectivity index (χ1v) is 10.7. The van der Waals surface area contributed by atoms with Crippen molar-refractivity contribution >= 4 is 28.7 Å². The normalized spacial score (nSPS) is 11.5. The van der Waals surface area contributed by atoms with Crippen molar-refractivity contribution < 1.29 is 23.9 Å². The maximum absolute atomic E-state index is 13.0. The van der Waals surface area contributed by atoms with E-state index in [9.17, 15) is 14.4 Å². The molecule has 7 nitrogen and oxygen atoms in total. The summed E-state index contributed by atoms with van der Waals surface area (Å²) in [7, 11) is 1.28. The topological polar surface area (TPSA) is 97.5 Å². The predicted molar refractivity (Wildman–Crippen MR) is 125 cm³/mol. The molecule has 1 amide bonds. The highest BCUT2D eigenvalue weighted by Gasteiger charge is 2.26. The van der Waals surface area contributed by atoms with Gasteiger partial charge in [-0.05, 0) is 31.0 Å². The number of carbonyl (C=O) groups is 3. The van der Waals surface area contributed by atoms with Crippen LogP contribution in [0.3, 0.4) is 0 Å². The van der Waals surface area contributed by atoms with Crippen molar-refractivity contribution in [3.63, 3.8) is 0 Å². The van der Waals surface area contributed by atoms with E-state index < -0.39 is 23.9 Å². The maximum Gasteiger partial charge on any atom is 0.328 e. The van der Waals surface area contributed by atoms with Crippen LogP contribution in [0.2, 0.25) is 0 Å². The van der Waals surface area contributed by atoms with Gasteiger partial charge in [0.1, 0.15) is 12.6 Å². The molecule has 2 aromatic carbocycles. The second kappa shape index (κ2) is 11.1. The highest BCUT2D eigenvalue weighted by molar-refractivity contribution is 6.00. The largest absolute Gasteiger partial charge is 0.467 e. The molecule has 0 aliphatic carbocycles. The minimum atomic E-state index is -0.906. The number of aromatic amines is 1. The summed E-state index contributed by atoms with van der Waals surface area (Å²) in [6.45, 7) is 3.61. The molecule has 1 atom stereocenters. The van der Waals surface area contributed by atoms with Gasteiger partial charge in [0.2, 0.25) is 5.91 Å². The van der Waals surface area contributed by atoms with Crippen LogP contribution in [0.15, 0.2) is 71.9 Å². The Morgan fingerprint density at radius 2 is 1.70 bits per heavy atom. The molecule has 33 heavy (non-hydrogen) atoms. The van der Waals surface area contributed by atoms with Gasteiger partial charge in [-0.1, -0.05) is 54.1 Å². The molecule has 1 aromatic heterocycles. The SMILES string of the molecule is COC(=O)[C@H](Cc1c[nH]c2ccccc12)NC(=O)C(CC(=O)OCc1ccccc1)=C(C)C. The smallest absolute Gasteiger partial charge is 0.328 e. The Morgan fingerprint density at radius 1 is 1.00 bits per heavy atom. The summed E-state index contributed by atoms with van der Waals surface area (Å²) in [6.07, 6.45) is 1.87. The van der Waals surface area contributed by atoms with Gasteiger partial charge in [-0.25, -0.2) is 4.79 Å². The van der Waals surface area contributed by atoms with Gasteiger partial charge < -0.3 is 19.8 Å². The van der Waals surface area contributed by atoms with Crippen LogP contribution < -0.4 is 5.32 Å². The molecule has 0 unspecified atom stereocenters. The van der Waals surface area contributed by atoms with Crippen molar-refractivity contribution in [1.29, 1.82) is 0 Å². The summed E-state index contributed by atoms with van der Waals surface area (Å²) in [4.78, 5) is 41.0. The van der Waals surface area contributed by atoms with Crippen molar-refractivity contribution in [1.82, 2.24) is 10.3 Å². The summed E-state index contributed by atoms with van der Waals surface area (Å²) in [6, 6.07) is 16.1. The summed E-state index contributed by atoms with van der Waals surface area (Å²) in [5.74, 6) is -1.58. The average molecular weight is 449 g/mol. The van der Waals surface area contributed by atoms with E-state index in [1.807, 2.05) is 60.8 Å². The van der Waals surface area contributed by atoms with Crippen LogP contribution in [0.4, 0.5) is 0 Å². The zero-order valence-corrected chi connectivity index (χ0v) is 19.0. The van der Waals surface area contributed by atoms with Gasteiger partial charge in [0, 0.05) is 29.1 Å². The number of hydrogen-bond donors (Lipinski definition) is 2. The van der Waals surface area contributed by atoms with E-state index >= 15 is 0 Å². The van der Waals surface area contributed by atoms with Crippen molar-refractivity contribution in [3.05, 3.63) is 83.1 Å². The Kier molecular flexibility index (Phi) is 8.02. The Labute approximate surface area is 192 Å². The first-order chi connectivity index (χ1) is 15.9. The molecule has 7 heteroatoms. The number of para-hydroxylation sites is 1. The molecular formula is C26H28N2O5. The minimum absolute atomic E-state index is 0.128. The summed E-state index contributed by atoms with van der Waals surface area (Å²) >= 11 is 0. The van der Waals surface area contributed by atoms with Gasteiger partial charge in [0.05, 0.1) is 13.5 Å². The number of aromatic nitrogens is 1. The van der Waals surface area contributed by atoms with Crippen LogP contribution in [0.25, 0.3) is 10.9 Å². The summed E-state index contributed by atoms with van der Waals surface area (Å²) in [5, 5.41) is 3.70. The number of H-pyrrole nitrogens is 1. The van der Waals surface area contributed by atoms with Crippen LogP contribution in [-0.2, 0) is 36.9 Å². The number of esters is 2. The van der Waals surface area contributed by atoms with Crippen LogP contribution in [0, 0.1) is 0 Å². The lowest BCUT2D eigenvalue weighted by Crippen LogP contribution is -2.44. The van der Waals surface area contributed by atoms with Crippen LogP contribution in [0.5, 0.6) is 0 Å². The number of nitrogens with one attached hydrogen (secondary N) is 2. The molecular weight excluding hydrogens is 420 g/mol. The molecule has 0 aliphatic rings. The summed E-state index contributed by atoms with van der Waals surface area (Å²) < 4.78 is 10.2. The van der Waals surface area contributed by atoms with E-state index in [0.29, 0.717) is 5.57 Å². The zero-order valence-electron chi connectivity index (χ0n) is 19.0. The quantitative estimate of drug-likeness (QED) is 0.383. The average Bonchev–Trinajstić information content (AvgIpc) is 3.23. The molecule has 2 N–H and O–H groups in total. The van der Waals surface area contributed by atoms with Crippen molar-refractivity contribution in [3.8, 4) is 0 Å². The molecule has 0 saturated carbocycles. The number of amides is 1. The lowest BCUT2D eigenvalue weighted by Gasteiger charge is -2.18. The van der Waals surface area contributed by atoms with Crippen LogP contribution >= 0.6 is 0 Å². The van der Waals surface area contributed by atoms with Gasteiger partial charge >= 0.3 is 11.9 Å². The van der Waals surface area contributed by atoms with Gasteiger partial charge in [-0.15, -0.1) is 0 Å². The molecule has 0 bridgehead atoms. The third kappa shape index (κ3) is 6.32. The number of hydrogen-bond acceptors (Lipinski definition) is 5. The van der Waals surface area contributed by atoms with Crippen LogP contribution in [0.1, 0.15) is 31.4 Å². The number of allylic oxidation sites excluding steroid dienone is 1. The van der Waals surface area contributed by atoms with E-state index in [1.54, 1.807) is 13.8 Å². The number of ether oxygens (including phenoxy) is 2. The van der Waals surface area contributed by atoms with E-state index in [1.165, 1.54) is 7.11 Å². The Bertz CT molecular complexity index is 1160.